The number of phenols is 1. The van der Waals surface area contributed by atoms with Gasteiger partial charge in [-0.3, -0.25) is 0 Å². The lowest BCUT2D eigenvalue weighted by Gasteiger charge is -2.44. The first kappa shape index (κ1) is 22.0. The number of amides is 1. The highest BCUT2D eigenvalue weighted by molar-refractivity contribution is 6.30. The molecule has 5 rings (SSSR count). The van der Waals surface area contributed by atoms with Crippen LogP contribution in [-0.2, 0) is 4.74 Å². The fourth-order valence-electron chi connectivity index (χ4n) is 5.32. The molecule has 4 heterocycles. The molecule has 2 atom stereocenters. The van der Waals surface area contributed by atoms with E-state index < -0.39 is 5.60 Å². The molecule has 1 N–H and O–H groups in total. The van der Waals surface area contributed by atoms with Crippen molar-refractivity contribution in [2.45, 2.75) is 70.2 Å². The second-order valence-corrected chi connectivity index (χ2v) is 10.6. The van der Waals surface area contributed by atoms with E-state index in [1.165, 1.54) is 6.07 Å². The van der Waals surface area contributed by atoms with Crippen molar-refractivity contribution in [2.75, 3.05) is 11.4 Å². The number of phenolic OH excluding ortho intramolecular Hbond substituents is 1. The minimum atomic E-state index is -0.490. The second kappa shape index (κ2) is 8.20. The molecule has 8 heteroatoms. The van der Waals surface area contributed by atoms with E-state index in [1.807, 2.05) is 31.7 Å². The third kappa shape index (κ3) is 4.26. The van der Waals surface area contributed by atoms with Crippen LogP contribution in [0.4, 0.5) is 10.6 Å². The van der Waals surface area contributed by atoms with Crippen molar-refractivity contribution in [3.8, 4) is 17.0 Å². The summed E-state index contributed by atoms with van der Waals surface area (Å²) in [5.41, 5.74) is 1.69. The van der Waals surface area contributed by atoms with Gasteiger partial charge in [-0.25, -0.2) is 4.79 Å². The van der Waals surface area contributed by atoms with Crippen LogP contribution in [0, 0.1) is 0 Å². The maximum atomic E-state index is 12.8. The van der Waals surface area contributed by atoms with Crippen LogP contribution in [0.1, 0.15) is 52.0 Å². The summed E-state index contributed by atoms with van der Waals surface area (Å²) >= 11 is 5.97. The normalized spacial score (nSPS) is 24.1. The number of fused-ring (bicyclic) bond motifs is 3. The number of rotatable bonds is 2. The van der Waals surface area contributed by atoms with Crippen molar-refractivity contribution in [3.05, 3.63) is 40.9 Å². The summed E-state index contributed by atoms with van der Waals surface area (Å²) in [4.78, 5) is 17.1. The molecule has 0 spiro atoms. The Labute approximate surface area is 199 Å². The molecule has 7 nitrogen and oxygen atoms in total. The first-order valence-electron chi connectivity index (χ1n) is 11.5. The van der Waals surface area contributed by atoms with E-state index in [-0.39, 0.29) is 30.0 Å². The van der Waals surface area contributed by atoms with Gasteiger partial charge in [-0.1, -0.05) is 23.8 Å². The third-order valence-electron chi connectivity index (χ3n) is 6.66. The monoisotopic (exact) mass is 468 g/mol. The maximum absolute atomic E-state index is 12.8. The summed E-state index contributed by atoms with van der Waals surface area (Å²) < 4.78 is 5.68. The fourth-order valence-corrected chi connectivity index (χ4v) is 5.48. The average Bonchev–Trinajstić information content (AvgIpc) is 3.02. The van der Waals surface area contributed by atoms with Crippen molar-refractivity contribution >= 4 is 29.6 Å². The zero-order chi connectivity index (χ0) is 23.3. The van der Waals surface area contributed by atoms with Crippen molar-refractivity contribution in [3.63, 3.8) is 0 Å². The van der Waals surface area contributed by atoms with Gasteiger partial charge in [0.25, 0.3) is 0 Å². The summed E-state index contributed by atoms with van der Waals surface area (Å²) in [6.07, 6.45) is 7.81. The standard InChI is InChI=1S/C25H29ClN4O3/c1-25(2,3)33-24(32)30-17-7-8-18(30)14-19(13-17)29-10-4-5-15-11-21(27-28-23(15)29)20-9-6-16(26)12-22(20)31/h4-6,9,11-12,17-19,31H,7-8,10,13-14H2,1-3H3. The van der Waals surface area contributed by atoms with Crippen LogP contribution < -0.4 is 4.90 Å². The van der Waals surface area contributed by atoms with Gasteiger partial charge in [0.05, 0.1) is 5.69 Å². The molecular formula is C25H29ClN4O3. The highest BCUT2D eigenvalue weighted by Crippen LogP contribution is 2.41. The Kier molecular flexibility index (Phi) is 5.47. The summed E-state index contributed by atoms with van der Waals surface area (Å²) in [7, 11) is 0. The van der Waals surface area contributed by atoms with Gasteiger partial charge in [0.2, 0.25) is 0 Å². The molecule has 2 bridgehead atoms. The fraction of sp³-hybridized carbons (Fsp3) is 0.480. The van der Waals surface area contributed by atoms with E-state index in [2.05, 4.69) is 27.2 Å². The topological polar surface area (TPSA) is 78.8 Å². The van der Waals surface area contributed by atoms with Crippen LogP contribution in [0.2, 0.25) is 5.02 Å². The number of aromatic hydroxyl groups is 1. The number of benzene rings is 1. The Morgan fingerprint density at radius 2 is 1.85 bits per heavy atom. The van der Waals surface area contributed by atoms with Crippen LogP contribution in [0.3, 0.4) is 0 Å². The smallest absolute Gasteiger partial charge is 0.410 e. The van der Waals surface area contributed by atoms with Crippen LogP contribution in [0.5, 0.6) is 5.75 Å². The minimum absolute atomic E-state index is 0.0829. The largest absolute Gasteiger partial charge is 0.507 e. The molecule has 1 aromatic heterocycles. The summed E-state index contributed by atoms with van der Waals surface area (Å²) in [5.74, 6) is 0.935. The Morgan fingerprint density at radius 3 is 2.52 bits per heavy atom. The molecule has 2 fully saturated rings. The molecule has 1 aromatic carbocycles. The first-order chi connectivity index (χ1) is 15.7. The average molecular weight is 469 g/mol. The Morgan fingerprint density at radius 1 is 1.12 bits per heavy atom. The van der Waals surface area contributed by atoms with Gasteiger partial charge in [-0.2, -0.15) is 0 Å². The molecule has 3 aliphatic rings. The van der Waals surface area contributed by atoms with Gasteiger partial charge in [0, 0.05) is 40.8 Å². The summed E-state index contributed by atoms with van der Waals surface area (Å²) in [6, 6.07) is 7.62. The maximum Gasteiger partial charge on any atom is 0.410 e. The van der Waals surface area contributed by atoms with Crippen LogP contribution in [0.25, 0.3) is 17.3 Å². The number of carbonyl (C=O) groups excluding carboxylic acids is 1. The van der Waals surface area contributed by atoms with E-state index in [0.717, 1.165) is 43.6 Å². The molecule has 0 radical (unpaired) electrons. The van der Waals surface area contributed by atoms with Crippen molar-refractivity contribution in [2.24, 2.45) is 0 Å². The predicted octanol–water partition coefficient (Wildman–Crippen LogP) is 5.27. The molecule has 174 valence electrons. The number of ether oxygens (including phenoxy) is 1. The van der Waals surface area contributed by atoms with Crippen LogP contribution >= 0.6 is 11.6 Å². The molecule has 3 aliphatic heterocycles. The second-order valence-electron chi connectivity index (χ2n) is 10.1. The van der Waals surface area contributed by atoms with E-state index in [9.17, 15) is 9.90 Å². The van der Waals surface area contributed by atoms with Crippen LogP contribution in [-0.4, -0.2) is 56.6 Å². The molecule has 2 aromatic rings. The number of carbonyl (C=O) groups is 1. The third-order valence-corrected chi connectivity index (χ3v) is 6.90. The number of hydrogen-bond donors (Lipinski definition) is 1. The number of hydrogen-bond acceptors (Lipinski definition) is 6. The van der Waals surface area contributed by atoms with Gasteiger partial charge in [0.15, 0.2) is 5.82 Å². The Bertz CT molecular complexity index is 1100. The molecule has 0 aliphatic carbocycles. The lowest BCUT2D eigenvalue weighted by molar-refractivity contribution is 0.00587. The summed E-state index contributed by atoms with van der Waals surface area (Å²) in [6.45, 7) is 6.50. The number of halogens is 1. The number of nitrogens with zero attached hydrogens (tertiary/aromatic N) is 4. The van der Waals surface area contributed by atoms with Crippen molar-refractivity contribution in [1.29, 1.82) is 0 Å². The van der Waals surface area contributed by atoms with Gasteiger partial charge in [0.1, 0.15) is 11.4 Å². The Balaban J connectivity index is 1.36. The lowest BCUT2D eigenvalue weighted by Crippen LogP contribution is -2.54. The number of aromatic nitrogens is 2. The SMILES string of the molecule is CC(C)(C)OC(=O)N1C2CCC1CC(N1CC=Cc3cc(-c4ccc(Cl)cc4O)nnc31)C2. The van der Waals surface area contributed by atoms with Gasteiger partial charge in [-0.05, 0) is 70.7 Å². The molecule has 2 saturated heterocycles. The number of piperidine rings is 1. The van der Waals surface area contributed by atoms with E-state index in [4.69, 9.17) is 16.3 Å². The van der Waals surface area contributed by atoms with Gasteiger partial charge >= 0.3 is 6.09 Å². The first-order valence-corrected chi connectivity index (χ1v) is 11.9. The van der Waals surface area contributed by atoms with E-state index >= 15 is 0 Å². The van der Waals surface area contributed by atoms with E-state index in [1.54, 1.807) is 12.1 Å². The molecular weight excluding hydrogens is 440 g/mol. The minimum Gasteiger partial charge on any atom is -0.507 e. The predicted molar refractivity (Wildman–Crippen MR) is 128 cm³/mol. The molecule has 1 amide bonds. The van der Waals surface area contributed by atoms with Crippen molar-refractivity contribution in [1.82, 2.24) is 15.1 Å². The van der Waals surface area contributed by atoms with Gasteiger partial charge < -0.3 is 19.6 Å². The number of anilines is 1. The summed E-state index contributed by atoms with van der Waals surface area (Å²) in [5, 5.41) is 19.7. The van der Waals surface area contributed by atoms with Gasteiger partial charge in [-0.15, -0.1) is 10.2 Å². The zero-order valence-corrected chi connectivity index (χ0v) is 19.9. The molecule has 0 saturated carbocycles. The lowest BCUT2D eigenvalue weighted by atomic mass is 9.95. The van der Waals surface area contributed by atoms with E-state index in [0.29, 0.717) is 16.3 Å². The zero-order valence-electron chi connectivity index (χ0n) is 19.2. The highest BCUT2D eigenvalue weighted by Gasteiger charge is 2.46. The molecule has 2 unspecified atom stereocenters. The quantitative estimate of drug-likeness (QED) is 0.647. The van der Waals surface area contributed by atoms with Crippen LogP contribution in [0.15, 0.2) is 30.3 Å². The Hall–Kier alpha value is -2.80. The molecule has 33 heavy (non-hydrogen) atoms. The van der Waals surface area contributed by atoms with Crippen molar-refractivity contribution < 1.29 is 14.6 Å². The highest BCUT2D eigenvalue weighted by atomic mass is 35.5.